The molecule has 0 atom stereocenters. The van der Waals surface area contributed by atoms with Crippen molar-refractivity contribution in [1.82, 2.24) is 4.90 Å². The molecule has 0 radical (unpaired) electrons. The molecule has 2 aromatic carbocycles. The molecular formula is C26H32ClF2N3O2S. The number of ether oxygens (including phenoxy) is 2. The summed E-state index contributed by atoms with van der Waals surface area (Å²) >= 11 is 11.7. The lowest BCUT2D eigenvalue weighted by Gasteiger charge is -2.38. The topological polar surface area (TPSA) is 37.0 Å². The molecule has 0 amide bonds. The number of halogens is 3. The fourth-order valence-electron chi connectivity index (χ4n) is 4.73. The van der Waals surface area contributed by atoms with Gasteiger partial charge in [-0.25, -0.2) is 8.78 Å². The lowest BCUT2D eigenvalue weighted by molar-refractivity contribution is 0.0473. The van der Waals surface area contributed by atoms with Gasteiger partial charge in [-0.1, -0.05) is 23.8 Å². The molecule has 2 aromatic rings. The van der Waals surface area contributed by atoms with Crippen LogP contribution in [0.3, 0.4) is 0 Å². The Morgan fingerprint density at radius 1 is 1.00 bits per heavy atom. The normalized spacial score (nSPS) is 20.5. The third-order valence-corrected chi connectivity index (χ3v) is 7.35. The molecule has 1 heterocycles. The van der Waals surface area contributed by atoms with E-state index >= 15 is 0 Å². The predicted octanol–water partition coefficient (Wildman–Crippen LogP) is 6.00. The molecule has 1 aliphatic heterocycles. The molecule has 4 rings (SSSR count). The Balaban J connectivity index is 1.16. The number of rotatable bonds is 9. The van der Waals surface area contributed by atoms with Crippen molar-refractivity contribution in [3.05, 3.63) is 53.1 Å². The first kappa shape index (κ1) is 25.9. The number of alkyl halides is 2. The molecule has 35 heavy (non-hydrogen) atoms. The molecule has 1 saturated carbocycles. The second-order valence-electron chi connectivity index (χ2n) is 8.98. The summed E-state index contributed by atoms with van der Waals surface area (Å²) in [5.41, 5.74) is 2.37. The number of piperazine rings is 1. The Morgan fingerprint density at radius 2 is 1.71 bits per heavy atom. The zero-order valence-corrected chi connectivity index (χ0v) is 21.3. The van der Waals surface area contributed by atoms with Crippen LogP contribution in [0.2, 0.25) is 5.02 Å². The number of hydrogen-bond donors (Lipinski definition) is 1. The van der Waals surface area contributed by atoms with Gasteiger partial charge in [0, 0.05) is 54.2 Å². The van der Waals surface area contributed by atoms with E-state index in [0.29, 0.717) is 18.2 Å². The monoisotopic (exact) mass is 523 g/mol. The van der Waals surface area contributed by atoms with Crippen LogP contribution >= 0.6 is 23.8 Å². The number of nitrogens with zero attached hydrogens (tertiary/aromatic N) is 2. The maximum Gasteiger partial charge on any atom is 0.228 e. The Morgan fingerprint density at radius 3 is 2.37 bits per heavy atom. The maximum atomic E-state index is 13.2. The number of thiocarbonyl (C=S) groups is 1. The van der Waals surface area contributed by atoms with Gasteiger partial charge in [-0.3, -0.25) is 0 Å². The zero-order chi connectivity index (χ0) is 24.6. The highest BCUT2D eigenvalue weighted by molar-refractivity contribution is 7.80. The van der Waals surface area contributed by atoms with E-state index in [-0.39, 0.29) is 11.9 Å². The lowest BCUT2D eigenvalue weighted by atomic mass is 9.92. The quantitative estimate of drug-likeness (QED) is 0.406. The maximum absolute atomic E-state index is 13.2. The van der Waals surface area contributed by atoms with Crippen LogP contribution in [0.4, 0.5) is 20.2 Å². The van der Waals surface area contributed by atoms with E-state index < -0.39 is 13.5 Å². The molecule has 1 saturated heterocycles. The Labute approximate surface area is 216 Å². The largest absolute Gasteiger partial charge is 0.463 e. The Hall–Kier alpha value is -2.16. The molecule has 5 nitrogen and oxygen atoms in total. The standard InChI is InChI=1S/C26H32ClF2N3O2S/c27-20-1-6-23(7-2-20)31-11-13-32(14-12-31)26(35)17-33-24-8-3-21(4-9-24)30-22-5-10-25(34-18-29)19(15-22)16-28/h1-2,5-7,10,15,21,24,30H,3-4,8-9,11-14,16-18H2. The van der Waals surface area contributed by atoms with E-state index in [2.05, 4.69) is 27.2 Å². The third kappa shape index (κ3) is 7.18. The van der Waals surface area contributed by atoms with Crippen LogP contribution in [0, 0.1) is 0 Å². The van der Waals surface area contributed by atoms with E-state index in [1.165, 1.54) is 5.69 Å². The predicted molar refractivity (Wildman–Crippen MR) is 141 cm³/mol. The van der Waals surface area contributed by atoms with Gasteiger partial charge < -0.3 is 24.6 Å². The van der Waals surface area contributed by atoms with Crippen LogP contribution < -0.4 is 15.0 Å². The average molecular weight is 524 g/mol. The van der Waals surface area contributed by atoms with Crippen molar-refractivity contribution >= 4 is 40.2 Å². The minimum atomic E-state index is -0.965. The first-order chi connectivity index (χ1) is 17.1. The van der Waals surface area contributed by atoms with Crippen molar-refractivity contribution in [1.29, 1.82) is 0 Å². The number of hydrogen-bond acceptors (Lipinski definition) is 5. The molecule has 2 fully saturated rings. The van der Waals surface area contributed by atoms with Gasteiger partial charge in [-0.15, -0.1) is 0 Å². The van der Waals surface area contributed by atoms with Gasteiger partial charge in [0.15, 0.2) is 0 Å². The molecule has 2 aliphatic rings. The van der Waals surface area contributed by atoms with Crippen LogP contribution in [0.5, 0.6) is 5.75 Å². The van der Waals surface area contributed by atoms with Crippen molar-refractivity contribution in [3.8, 4) is 5.75 Å². The minimum Gasteiger partial charge on any atom is -0.463 e. The van der Waals surface area contributed by atoms with Crippen LogP contribution in [-0.2, 0) is 11.4 Å². The summed E-state index contributed by atoms with van der Waals surface area (Å²) in [6.07, 6.45) is 4.02. The second-order valence-corrected chi connectivity index (χ2v) is 9.89. The fraction of sp³-hybridized carbons (Fsp3) is 0.500. The smallest absolute Gasteiger partial charge is 0.228 e. The summed E-state index contributed by atoms with van der Waals surface area (Å²) in [6, 6.07) is 13.4. The highest BCUT2D eigenvalue weighted by atomic mass is 35.5. The molecule has 0 aromatic heterocycles. The van der Waals surface area contributed by atoms with Gasteiger partial charge >= 0.3 is 0 Å². The Bertz CT molecular complexity index is 966. The lowest BCUT2D eigenvalue weighted by Crippen LogP contribution is -2.49. The second kappa shape index (κ2) is 12.7. The minimum absolute atomic E-state index is 0.197. The van der Waals surface area contributed by atoms with E-state index in [9.17, 15) is 8.78 Å². The zero-order valence-electron chi connectivity index (χ0n) is 19.7. The van der Waals surface area contributed by atoms with Crippen LogP contribution in [0.15, 0.2) is 42.5 Å². The van der Waals surface area contributed by atoms with E-state index in [1.54, 1.807) is 18.2 Å². The summed E-state index contributed by atoms with van der Waals surface area (Å²) < 4.78 is 36.7. The Kier molecular flexibility index (Phi) is 9.40. The summed E-state index contributed by atoms with van der Waals surface area (Å²) in [5.74, 6) is 0.250. The van der Waals surface area contributed by atoms with Crippen molar-refractivity contribution in [2.45, 2.75) is 44.5 Å². The van der Waals surface area contributed by atoms with E-state index in [4.69, 9.17) is 33.3 Å². The van der Waals surface area contributed by atoms with Crippen molar-refractivity contribution in [2.24, 2.45) is 0 Å². The van der Waals surface area contributed by atoms with Crippen molar-refractivity contribution < 1.29 is 18.3 Å². The van der Waals surface area contributed by atoms with Crippen LogP contribution in [0.25, 0.3) is 0 Å². The van der Waals surface area contributed by atoms with Gasteiger partial charge in [-0.05, 0) is 68.1 Å². The molecule has 9 heteroatoms. The van der Waals surface area contributed by atoms with Gasteiger partial charge in [0.1, 0.15) is 17.4 Å². The summed E-state index contributed by atoms with van der Waals surface area (Å²) in [6.45, 7) is 2.44. The van der Waals surface area contributed by atoms with Crippen molar-refractivity contribution in [2.75, 3.05) is 49.9 Å². The van der Waals surface area contributed by atoms with Crippen molar-refractivity contribution in [3.63, 3.8) is 0 Å². The van der Waals surface area contributed by atoms with Gasteiger partial charge in [0.25, 0.3) is 0 Å². The average Bonchev–Trinajstić information content (AvgIpc) is 2.89. The molecule has 0 bridgehead atoms. The van der Waals surface area contributed by atoms with Gasteiger partial charge in [0.05, 0.1) is 12.7 Å². The fourth-order valence-corrected chi connectivity index (χ4v) is 5.11. The summed E-state index contributed by atoms with van der Waals surface area (Å²) in [4.78, 5) is 5.46. The molecule has 190 valence electrons. The van der Waals surface area contributed by atoms with E-state index in [0.717, 1.165) is 67.6 Å². The number of nitrogens with one attached hydrogen (secondary N) is 1. The molecule has 0 spiro atoms. The molecule has 1 N–H and O–H groups in total. The first-order valence-electron chi connectivity index (χ1n) is 12.1. The highest BCUT2D eigenvalue weighted by Crippen LogP contribution is 2.28. The SMILES string of the molecule is FCOc1ccc(NC2CCC(OCC(=S)N3CCN(c4ccc(Cl)cc4)CC3)CC2)cc1CF. The molecule has 1 aliphatic carbocycles. The third-order valence-electron chi connectivity index (χ3n) is 6.73. The molecular weight excluding hydrogens is 492 g/mol. The van der Waals surface area contributed by atoms with Crippen LogP contribution in [-0.4, -0.2) is 61.7 Å². The summed E-state index contributed by atoms with van der Waals surface area (Å²) in [7, 11) is 0. The van der Waals surface area contributed by atoms with E-state index in [1.807, 2.05) is 12.1 Å². The summed E-state index contributed by atoms with van der Waals surface area (Å²) in [5, 5.41) is 4.22. The van der Waals surface area contributed by atoms with Crippen LogP contribution in [0.1, 0.15) is 31.2 Å². The highest BCUT2D eigenvalue weighted by Gasteiger charge is 2.24. The van der Waals surface area contributed by atoms with Gasteiger partial charge in [0.2, 0.25) is 6.86 Å². The molecule has 0 unspecified atom stereocenters. The first-order valence-corrected chi connectivity index (χ1v) is 12.9. The number of anilines is 2. The number of benzene rings is 2. The van der Waals surface area contributed by atoms with Gasteiger partial charge in [-0.2, -0.15) is 0 Å².